The largest absolute Gasteiger partial charge is 0.439 e. The van der Waals surface area contributed by atoms with Crippen LogP contribution in [0, 0.1) is 10.1 Å². The molecule has 1 aromatic carbocycles. The summed E-state index contributed by atoms with van der Waals surface area (Å²) in [4.78, 5) is 26.6. The molecule has 2 rings (SSSR count). The third kappa shape index (κ3) is 6.74. The summed E-state index contributed by atoms with van der Waals surface area (Å²) in [6, 6.07) is 4.86. The molecular weight excluding hydrogens is 458 g/mol. The van der Waals surface area contributed by atoms with Crippen LogP contribution in [0.4, 0.5) is 18.9 Å². The lowest BCUT2D eigenvalue weighted by molar-refractivity contribution is -0.385. The van der Waals surface area contributed by atoms with Crippen LogP contribution in [0.1, 0.15) is 29.8 Å². The lowest BCUT2D eigenvalue weighted by Crippen LogP contribution is -2.26. The van der Waals surface area contributed by atoms with Gasteiger partial charge < -0.3 is 19.1 Å². The second-order valence-corrected chi connectivity index (χ2v) is 8.09. The molecule has 0 radical (unpaired) electrons. The van der Waals surface area contributed by atoms with Crippen LogP contribution in [-0.2, 0) is 19.8 Å². The van der Waals surface area contributed by atoms with Crippen molar-refractivity contribution in [3.8, 4) is 11.6 Å². The Morgan fingerprint density at radius 1 is 1.19 bits per heavy atom. The zero-order valence-corrected chi connectivity index (χ0v) is 17.8. The molecule has 0 unspecified atom stereocenters. The molecule has 1 aromatic heterocycles. The van der Waals surface area contributed by atoms with Gasteiger partial charge in [-0.25, -0.2) is 4.98 Å². The molecule has 0 fully saturated rings. The third-order valence-corrected chi connectivity index (χ3v) is 5.63. The zero-order chi connectivity index (χ0) is 23.9. The molecule has 1 heterocycles. The molecule has 0 spiro atoms. The number of benzene rings is 1. The van der Waals surface area contributed by atoms with Crippen molar-refractivity contribution in [1.82, 2.24) is 10.3 Å². The van der Waals surface area contributed by atoms with Crippen LogP contribution in [0.3, 0.4) is 0 Å². The van der Waals surface area contributed by atoms with Gasteiger partial charge in [0.2, 0.25) is 5.88 Å². The SMILES string of the molecule is CCOP(=O)(CNC(=O)c1cc(Oc2ccc(C(F)(F)F)cn2)ccc1[N+](=O)[O-])OCC. The minimum atomic E-state index is -4.58. The van der Waals surface area contributed by atoms with Crippen molar-refractivity contribution in [2.75, 3.05) is 19.5 Å². The maximum atomic E-state index is 12.6. The van der Waals surface area contributed by atoms with Crippen LogP contribution in [-0.4, -0.2) is 35.3 Å². The van der Waals surface area contributed by atoms with Crippen molar-refractivity contribution in [3.63, 3.8) is 0 Å². The number of ether oxygens (including phenoxy) is 1. The maximum absolute atomic E-state index is 12.6. The van der Waals surface area contributed by atoms with E-state index in [4.69, 9.17) is 13.8 Å². The third-order valence-electron chi connectivity index (χ3n) is 3.78. The standard InChI is InChI=1S/C18H19F3N3O7P/c1-3-29-32(28,30-4-2)11-23-17(25)14-9-13(6-7-15(14)24(26)27)31-16-8-5-12(10-22-16)18(19,20)21/h5-10H,3-4,11H2,1-2H3,(H,23,25). The molecule has 10 nitrogen and oxygen atoms in total. The van der Waals surface area contributed by atoms with Gasteiger partial charge in [0.05, 0.1) is 23.7 Å². The Morgan fingerprint density at radius 3 is 2.34 bits per heavy atom. The second kappa shape index (κ2) is 10.5. The molecule has 0 saturated heterocycles. The van der Waals surface area contributed by atoms with Gasteiger partial charge in [0.15, 0.2) is 0 Å². The van der Waals surface area contributed by atoms with Crippen LogP contribution >= 0.6 is 7.60 Å². The first-order valence-corrected chi connectivity index (χ1v) is 10.9. The highest BCUT2D eigenvalue weighted by atomic mass is 31.2. The average Bonchev–Trinajstić information content (AvgIpc) is 2.72. The zero-order valence-electron chi connectivity index (χ0n) is 16.9. The summed E-state index contributed by atoms with van der Waals surface area (Å²) in [5.41, 5.74) is -1.99. The Bertz CT molecular complexity index is 1010. The summed E-state index contributed by atoms with van der Waals surface area (Å²) in [5.74, 6) is -1.27. The molecule has 0 bridgehead atoms. The number of aromatic nitrogens is 1. The number of hydrogen-bond donors (Lipinski definition) is 1. The van der Waals surface area contributed by atoms with Crippen LogP contribution < -0.4 is 10.1 Å². The molecule has 1 N–H and O–H groups in total. The van der Waals surface area contributed by atoms with E-state index in [1.165, 1.54) is 0 Å². The van der Waals surface area contributed by atoms with Gasteiger partial charge in [-0.3, -0.25) is 19.5 Å². The highest BCUT2D eigenvalue weighted by Gasteiger charge is 2.31. The highest BCUT2D eigenvalue weighted by Crippen LogP contribution is 2.46. The Balaban J connectivity index is 2.24. The number of nitrogens with one attached hydrogen (secondary N) is 1. The number of amides is 1. The molecule has 0 aliphatic rings. The number of halogens is 3. The minimum Gasteiger partial charge on any atom is -0.439 e. The first-order valence-electron chi connectivity index (χ1n) is 9.15. The van der Waals surface area contributed by atoms with E-state index in [1.807, 2.05) is 0 Å². The number of nitrogens with zero attached hydrogens (tertiary/aromatic N) is 2. The van der Waals surface area contributed by atoms with Gasteiger partial charge in [-0.1, -0.05) is 0 Å². The van der Waals surface area contributed by atoms with Crippen molar-refractivity contribution in [2.24, 2.45) is 0 Å². The topological polar surface area (TPSA) is 130 Å². The van der Waals surface area contributed by atoms with E-state index in [1.54, 1.807) is 13.8 Å². The van der Waals surface area contributed by atoms with Gasteiger partial charge in [-0.2, -0.15) is 13.2 Å². The molecule has 0 aliphatic heterocycles. The predicted molar refractivity (Wildman–Crippen MR) is 106 cm³/mol. The lowest BCUT2D eigenvalue weighted by atomic mass is 10.1. The number of rotatable bonds is 10. The summed E-state index contributed by atoms with van der Waals surface area (Å²) in [6.07, 6.45) is -4.55. The number of nitro groups is 1. The van der Waals surface area contributed by atoms with Crippen molar-refractivity contribution >= 4 is 19.2 Å². The van der Waals surface area contributed by atoms with Crippen molar-refractivity contribution in [3.05, 3.63) is 57.8 Å². The fraction of sp³-hybridized carbons (Fsp3) is 0.333. The smallest absolute Gasteiger partial charge is 0.417 e. The van der Waals surface area contributed by atoms with Crippen LogP contribution in [0.15, 0.2) is 36.5 Å². The Labute approximate surface area is 180 Å². The monoisotopic (exact) mass is 477 g/mol. The average molecular weight is 477 g/mol. The summed E-state index contributed by atoms with van der Waals surface area (Å²) in [7, 11) is -3.65. The van der Waals surface area contributed by atoms with E-state index in [-0.39, 0.29) is 24.8 Å². The number of hydrogen-bond acceptors (Lipinski definition) is 8. The minimum absolute atomic E-state index is 0.0523. The molecule has 0 aliphatic carbocycles. The number of carbonyl (C=O) groups excluding carboxylic acids is 1. The first kappa shape index (κ1) is 25.2. The fourth-order valence-corrected chi connectivity index (χ4v) is 3.82. The Kier molecular flexibility index (Phi) is 8.31. The summed E-state index contributed by atoms with van der Waals surface area (Å²) in [6.45, 7) is 3.26. The molecule has 32 heavy (non-hydrogen) atoms. The first-order chi connectivity index (χ1) is 15.0. The van der Waals surface area contributed by atoms with E-state index in [9.17, 15) is 32.6 Å². The van der Waals surface area contributed by atoms with Crippen LogP contribution in [0.2, 0.25) is 0 Å². The number of nitro benzene ring substituents is 1. The Hall–Kier alpha value is -3.02. The van der Waals surface area contributed by atoms with E-state index < -0.39 is 47.7 Å². The molecule has 1 amide bonds. The summed E-state index contributed by atoms with van der Waals surface area (Å²) >= 11 is 0. The molecule has 0 saturated carbocycles. The van der Waals surface area contributed by atoms with E-state index in [0.29, 0.717) is 6.20 Å². The van der Waals surface area contributed by atoms with E-state index >= 15 is 0 Å². The van der Waals surface area contributed by atoms with Crippen molar-refractivity contribution in [1.29, 1.82) is 0 Å². The normalized spacial score (nSPS) is 11.8. The number of alkyl halides is 3. The van der Waals surface area contributed by atoms with E-state index in [0.717, 1.165) is 30.3 Å². The van der Waals surface area contributed by atoms with Crippen LogP contribution in [0.25, 0.3) is 0 Å². The number of pyridine rings is 1. The molecule has 2 aromatic rings. The van der Waals surface area contributed by atoms with Gasteiger partial charge in [-0.15, -0.1) is 0 Å². The summed E-state index contributed by atoms with van der Waals surface area (Å²) in [5, 5.41) is 13.6. The summed E-state index contributed by atoms with van der Waals surface area (Å²) < 4.78 is 65.8. The van der Waals surface area contributed by atoms with Gasteiger partial charge in [0.25, 0.3) is 11.6 Å². The highest BCUT2D eigenvalue weighted by molar-refractivity contribution is 7.53. The molecule has 0 atom stereocenters. The van der Waals surface area contributed by atoms with Gasteiger partial charge in [0, 0.05) is 24.4 Å². The van der Waals surface area contributed by atoms with E-state index in [2.05, 4.69) is 10.3 Å². The van der Waals surface area contributed by atoms with Gasteiger partial charge >= 0.3 is 13.8 Å². The lowest BCUT2D eigenvalue weighted by Gasteiger charge is -2.17. The van der Waals surface area contributed by atoms with Crippen LogP contribution in [0.5, 0.6) is 11.6 Å². The quantitative estimate of drug-likeness (QED) is 0.295. The molecule has 174 valence electrons. The second-order valence-electron chi connectivity index (χ2n) is 6.03. The van der Waals surface area contributed by atoms with Crippen molar-refractivity contribution in [2.45, 2.75) is 20.0 Å². The van der Waals surface area contributed by atoms with Crippen molar-refractivity contribution < 1.29 is 41.2 Å². The predicted octanol–water partition coefficient (Wildman–Crippen LogP) is 4.75. The number of carbonyl (C=O) groups is 1. The fourth-order valence-electron chi connectivity index (χ4n) is 2.43. The molecular formula is C18H19F3N3O7P. The molecule has 14 heteroatoms. The van der Waals surface area contributed by atoms with Gasteiger partial charge in [0.1, 0.15) is 17.6 Å². The van der Waals surface area contributed by atoms with Gasteiger partial charge in [-0.05, 0) is 26.0 Å². The maximum Gasteiger partial charge on any atom is 0.417 e. The Morgan fingerprint density at radius 2 is 1.84 bits per heavy atom.